The maximum Gasteiger partial charge on any atom is 0.242 e. The number of carbonyl (C=O) groups excluding carboxylic acids is 1. The van der Waals surface area contributed by atoms with Gasteiger partial charge in [0.25, 0.3) is 0 Å². The van der Waals surface area contributed by atoms with Crippen LogP contribution in [0, 0.1) is 0 Å². The van der Waals surface area contributed by atoms with E-state index in [2.05, 4.69) is 20.6 Å². The normalized spacial score (nSPS) is 12.2. The second-order valence-corrected chi connectivity index (χ2v) is 3.11. The van der Waals surface area contributed by atoms with Gasteiger partial charge in [0.15, 0.2) is 0 Å². The summed E-state index contributed by atoms with van der Waals surface area (Å²) in [6, 6.07) is 1.21. The summed E-state index contributed by atoms with van der Waals surface area (Å²) in [6.07, 6.45) is 1.29. The first kappa shape index (κ1) is 10.9. The van der Waals surface area contributed by atoms with Crippen molar-refractivity contribution in [3.8, 4) is 0 Å². The third-order valence-electron chi connectivity index (χ3n) is 1.71. The van der Waals surface area contributed by atoms with E-state index in [1.165, 1.54) is 12.4 Å². The van der Waals surface area contributed by atoms with Crippen LogP contribution < -0.4 is 10.6 Å². The first-order chi connectivity index (χ1) is 6.63. The Bertz CT molecular complexity index is 331. The predicted octanol–water partition coefficient (Wildman–Crippen LogP) is 0.676. The molecule has 5 nitrogen and oxygen atoms in total. The van der Waals surface area contributed by atoms with Crippen LogP contribution in [0.25, 0.3) is 0 Å². The van der Waals surface area contributed by atoms with Crippen LogP contribution in [0.4, 0.5) is 5.82 Å². The summed E-state index contributed by atoms with van der Waals surface area (Å²) >= 11 is 5.62. The summed E-state index contributed by atoms with van der Waals surface area (Å²) in [5.74, 6) is 0.236. The number of carbonyl (C=O) groups is 1. The molecule has 1 aromatic heterocycles. The van der Waals surface area contributed by atoms with Crippen molar-refractivity contribution in [3.05, 3.63) is 17.5 Å². The highest BCUT2D eigenvalue weighted by molar-refractivity contribution is 6.29. The summed E-state index contributed by atoms with van der Waals surface area (Å²) in [6.45, 7) is 1.75. The molecule has 76 valence electrons. The summed E-state index contributed by atoms with van der Waals surface area (Å²) in [7, 11) is 1.71. The average Bonchev–Trinajstić information content (AvgIpc) is 2.16. The molecule has 1 atom stereocenters. The van der Waals surface area contributed by atoms with E-state index < -0.39 is 0 Å². The molecule has 1 heterocycles. The Morgan fingerprint density at radius 2 is 2.29 bits per heavy atom. The molecule has 6 heteroatoms. The number of hydrogen-bond donors (Lipinski definition) is 2. The fraction of sp³-hybridized carbons (Fsp3) is 0.375. The molecule has 0 radical (unpaired) electrons. The van der Waals surface area contributed by atoms with Crippen LogP contribution in [0.1, 0.15) is 6.92 Å². The standard InChI is InChI=1S/C8H11ClN4O/c1-5(10-2)8(14)13-7-3-6(9)11-4-12-7/h3-5,10H,1-2H3,(H,11,12,13,14)/t5-/m0/s1. The number of aromatic nitrogens is 2. The molecule has 0 bridgehead atoms. The second-order valence-electron chi connectivity index (χ2n) is 2.73. The third-order valence-corrected chi connectivity index (χ3v) is 1.92. The van der Waals surface area contributed by atoms with Crippen molar-refractivity contribution in [3.63, 3.8) is 0 Å². The lowest BCUT2D eigenvalue weighted by molar-refractivity contribution is -0.117. The Morgan fingerprint density at radius 1 is 1.57 bits per heavy atom. The maximum atomic E-state index is 11.4. The highest BCUT2D eigenvalue weighted by atomic mass is 35.5. The van der Waals surface area contributed by atoms with E-state index in [4.69, 9.17) is 11.6 Å². The maximum absolute atomic E-state index is 11.4. The highest BCUT2D eigenvalue weighted by Gasteiger charge is 2.10. The zero-order chi connectivity index (χ0) is 10.6. The molecule has 14 heavy (non-hydrogen) atoms. The van der Waals surface area contributed by atoms with E-state index in [0.717, 1.165) is 0 Å². The molecule has 1 rings (SSSR count). The van der Waals surface area contributed by atoms with Crippen LogP contribution in [0.2, 0.25) is 5.15 Å². The monoisotopic (exact) mass is 214 g/mol. The number of likely N-dealkylation sites (N-methyl/N-ethyl adjacent to an activating group) is 1. The number of nitrogens with zero attached hydrogens (tertiary/aromatic N) is 2. The van der Waals surface area contributed by atoms with E-state index in [9.17, 15) is 4.79 Å². The number of nitrogens with one attached hydrogen (secondary N) is 2. The Kier molecular flexibility index (Phi) is 3.79. The molecule has 0 saturated heterocycles. The minimum atomic E-state index is -0.274. The topological polar surface area (TPSA) is 66.9 Å². The van der Waals surface area contributed by atoms with Gasteiger partial charge in [-0.05, 0) is 14.0 Å². The van der Waals surface area contributed by atoms with Crippen molar-refractivity contribution in [1.29, 1.82) is 0 Å². The van der Waals surface area contributed by atoms with Gasteiger partial charge >= 0.3 is 0 Å². The number of hydrogen-bond acceptors (Lipinski definition) is 4. The van der Waals surface area contributed by atoms with Gasteiger partial charge in [-0.1, -0.05) is 11.6 Å². The van der Waals surface area contributed by atoms with Gasteiger partial charge in [0, 0.05) is 6.07 Å². The summed E-state index contributed by atoms with van der Waals surface area (Å²) in [5.41, 5.74) is 0. The van der Waals surface area contributed by atoms with Crippen molar-refractivity contribution in [1.82, 2.24) is 15.3 Å². The molecular weight excluding hydrogens is 204 g/mol. The molecular formula is C8H11ClN4O. The lowest BCUT2D eigenvalue weighted by Gasteiger charge is -2.09. The fourth-order valence-electron chi connectivity index (χ4n) is 0.768. The van der Waals surface area contributed by atoms with E-state index in [0.29, 0.717) is 11.0 Å². The molecule has 1 amide bonds. The van der Waals surface area contributed by atoms with Crippen LogP contribution in [-0.2, 0) is 4.79 Å². The first-order valence-corrected chi connectivity index (χ1v) is 4.47. The van der Waals surface area contributed by atoms with E-state index in [-0.39, 0.29) is 11.9 Å². The molecule has 1 aromatic rings. The largest absolute Gasteiger partial charge is 0.309 e. The highest BCUT2D eigenvalue weighted by Crippen LogP contribution is 2.08. The van der Waals surface area contributed by atoms with Crippen molar-refractivity contribution < 1.29 is 4.79 Å². The Labute approximate surface area is 86.9 Å². The van der Waals surface area contributed by atoms with Gasteiger partial charge < -0.3 is 10.6 Å². The first-order valence-electron chi connectivity index (χ1n) is 4.09. The zero-order valence-electron chi connectivity index (χ0n) is 7.91. The van der Waals surface area contributed by atoms with E-state index in [1.54, 1.807) is 14.0 Å². The molecule has 0 aliphatic heterocycles. The lowest BCUT2D eigenvalue weighted by Crippen LogP contribution is -2.35. The smallest absolute Gasteiger partial charge is 0.242 e. The minimum Gasteiger partial charge on any atom is -0.309 e. The summed E-state index contributed by atoms with van der Waals surface area (Å²) < 4.78 is 0. The second kappa shape index (κ2) is 4.88. The average molecular weight is 215 g/mol. The quantitative estimate of drug-likeness (QED) is 0.727. The molecule has 0 aliphatic carbocycles. The third kappa shape index (κ3) is 2.93. The Hall–Kier alpha value is -1.20. The number of halogens is 1. The van der Waals surface area contributed by atoms with Gasteiger partial charge in [-0.3, -0.25) is 4.79 Å². The van der Waals surface area contributed by atoms with Gasteiger partial charge in [0.05, 0.1) is 6.04 Å². The predicted molar refractivity (Wildman–Crippen MR) is 54.2 cm³/mol. The SMILES string of the molecule is CN[C@@H](C)C(=O)Nc1cc(Cl)ncn1. The molecule has 0 saturated carbocycles. The minimum absolute atomic E-state index is 0.165. The molecule has 2 N–H and O–H groups in total. The summed E-state index contributed by atoms with van der Waals surface area (Å²) in [5, 5.41) is 5.71. The van der Waals surface area contributed by atoms with Crippen LogP contribution in [0.15, 0.2) is 12.4 Å². The van der Waals surface area contributed by atoms with Crippen molar-refractivity contribution in [2.75, 3.05) is 12.4 Å². The number of rotatable bonds is 3. The van der Waals surface area contributed by atoms with Gasteiger partial charge in [-0.15, -0.1) is 0 Å². The van der Waals surface area contributed by atoms with Crippen molar-refractivity contribution in [2.24, 2.45) is 0 Å². The number of anilines is 1. The molecule has 0 aliphatic rings. The molecule has 0 aromatic carbocycles. The molecule has 0 spiro atoms. The molecule has 0 fully saturated rings. The van der Waals surface area contributed by atoms with Crippen LogP contribution in [0.3, 0.4) is 0 Å². The van der Waals surface area contributed by atoms with Crippen molar-refractivity contribution >= 4 is 23.3 Å². The van der Waals surface area contributed by atoms with Crippen LogP contribution >= 0.6 is 11.6 Å². The number of amides is 1. The van der Waals surface area contributed by atoms with Gasteiger partial charge in [0.2, 0.25) is 5.91 Å². The van der Waals surface area contributed by atoms with Gasteiger partial charge in [-0.25, -0.2) is 9.97 Å². The lowest BCUT2D eigenvalue weighted by atomic mass is 10.3. The van der Waals surface area contributed by atoms with Crippen molar-refractivity contribution in [2.45, 2.75) is 13.0 Å². The summed E-state index contributed by atoms with van der Waals surface area (Å²) in [4.78, 5) is 18.9. The fourth-order valence-corrected chi connectivity index (χ4v) is 0.915. The molecule has 0 unspecified atom stereocenters. The van der Waals surface area contributed by atoms with Gasteiger partial charge in [0.1, 0.15) is 17.3 Å². The van der Waals surface area contributed by atoms with Gasteiger partial charge in [-0.2, -0.15) is 0 Å². The zero-order valence-corrected chi connectivity index (χ0v) is 8.67. The Morgan fingerprint density at radius 3 is 2.86 bits per heavy atom. The van der Waals surface area contributed by atoms with E-state index in [1.807, 2.05) is 0 Å². The Balaban J connectivity index is 2.65. The van der Waals surface area contributed by atoms with Crippen LogP contribution in [-0.4, -0.2) is 29.0 Å². The van der Waals surface area contributed by atoms with Crippen LogP contribution in [0.5, 0.6) is 0 Å². The van der Waals surface area contributed by atoms with E-state index >= 15 is 0 Å².